The molecule has 2 aromatic carbocycles. The largest absolute Gasteiger partial charge is 0.497 e. The zero-order valence-corrected chi connectivity index (χ0v) is 12.2. The lowest BCUT2D eigenvalue weighted by Crippen LogP contribution is -2.13. The second-order valence-electron chi connectivity index (χ2n) is 4.83. The number of ether oxygens (including phenoxy) is 1. The Labute approximate surface area is 128 Å². The first-order chi connectivity index (χ1) is 10.6. The summed E-state index contributed by atoms with van der Waals surface area (Å²) in [5.74, 6) is -0.307. The molecule has 4 nitrogen and oxygen atoms in total. The van der Waals surface area contributed by atoms with Gasteiger partial charge in [0, 0.05) is 11.1 Å². The molecule has 2 aromatic rings. The number of ketones is 3. The van der Waals surface area contributed by atoms with Gasteiger partial charge in [-0.1, -0.05) is 30.3 Å². The van der Waals surface area contributed by atoms with E-state index in [4.69, 9.17) is 4.74 Å². The van der Waals surface area contributed by atoms with Crippen molar-refractivity contribution >= 4 is 17.3 Å². The van der Waals surface area contributed by atoms with Gasteiger partial charge in [0.2, 0.25) is 0 Å². The molecular formula is C18H16O4. The predicted octanol–water partition coefficient (Wildman–Crippen LogP) is 3.11. The second-order valence-corrected chi connectivity index (χ2v) is 4.83. The molecule has 22 heavy (non-hydrogen) atoms. The van der Waals surface area contributed by atoms with Gasteiger partial charge in [0.15, 0.2) is 11.6 Å². The lowest BCUT2D eigenvalue weighted by molar-refractivity contribution is -0.117. The fraction of sp³-hybridized carbons (Fsp3) is 0.167. The number of Topliss-reactive ketones (excluding diaryl/α,β-unsaturated/α-hetero) is 3. The molecule has 112 valence electrons. The Bertz CT molecular complexity index is 672. The van der Waals surface area contributed by atoms with Gasteiger partial charge < -0.3 is 4.74 Å². The van der Waals surface area contributed by atoms with Crippen LogP contribution in [0.25, 0.3) is 0 Å². The van der Waals surface area contributed by atoms with Crippen molar-refractivity contribution in [2.45, 2.75) is 12.8 Å². The van der Waals surface area contributed by atoms with Crippen LogP contribution < -0.4 is 4.74 Å². The van der Waals surface area contributed by atoms with Crippen molar-refractivity contribution < 1.29 is 19.1 Å². The molecule has 0 saturated carbocycles. The van der Waals surface area contributed by atoms with Crippen molar-refractivity contribution in [3.8, 4) is 5.75 Å². The highest BCUT2D eigenvalue weighted by Gasteiger charge is 2.16. The first-order valence-corrected chi connectivity index (χ1v) is 6.87. The standard InChI is InChI=1S/C18H16O4/c1-22-16-9-7-14(8-10-16)18(21)12-15(19)11-17(20)13-5-3-2-4-6-13/h2-10H,11-12H2,1H3. The van der Waals surface area contributed by atoms with Gasteiger partial charge >= 0.3 is 0 Å². The van der Waals surface area contributed by atoms with Crippen LogP contribution in [0.1, 0.15) is 33.6 Å². The third-order valence-corrected chi connectivity index (χ3v) is 3.22. The predicted molar refractivity (Wildman–Crippen MR) is 82.3 cm³/mol. The number of hydrogen-bond donors (Lipinski definition) is 0. The zero-order chi connectivity index (χ0) is 15.9. The molecule has 0 radical (unpaired) electrons. The van der Waals surface area contributed by atoms with Crippen molar-refractivity contribution in [2.75, 3.05) is 7.11 Å². The number of methoxy groups -OCH3 is 1. The van der Waals surface area contributed by atoms with Gasteiger partial charge in [-0.05, 0) is 24.3 Å². The van der Waals surface area contributed by atoms with Crippen LogP contribution in [0.3, 0.4) is 0 Å². The van der Waals surface area contributed by atoms with Crippen molar-refractivity contribution in [1.29, 1.82) is 0 Å². The summed E-state index contributed by atoms with van der Waals surface area (Å²) >= 11 is 0. The summed E-state index contributed by atoms with van der Waals surface area (Å²) in [6.07, 6.45) is -0.531. The lowest BCUT2D eigenvalue weighted by atomic mass is 10.0. The Morgan fingerprint density at radius 2 is 1.27 bits per heavy atom. The fourth-order valence-electron chi connectivity index (χ4n) is 2.03. The Balaban J connectivity index is 1.93. The number of carbonyl (C=O) groups excluding carboxylic acids is 3. The van der Waals surface area contributed by atoms with E-state index in [0.29, 0.717) is 16.9 Å². The molecule has 0 saturated heterocycles. The summed E-state index contributed by atoms with van der Waals surface area (Å²) in [4.78, 5) is 35.8. The van der Waals surface area contributed by atoms with E-state index in [1.165, 1.54) is 7.11 Å². The van der Waals surface area contributed by atoms with Crippen LogP contribution in [-0.4, -0.2) is 24.5 Å². The third kappa shape index (κ3) is 4.12. The van der Waals surface area contributed by atoms with Gasteiger partial charge in [-0.25, -0.2) is 0 Å². The number of benzene rings is 2. The van der Waals surface area contributed by atoms with Crippen LogP contribution in [0.2, 0.25) is 0 Å². The summed E-state index contributed by atoms with van der Waals surface area (Å²) in [5, 5.41) is 0. The van der Waals surface area contributed by atoms with Crippen LogP contribution in [0.5, 0.6) is 5.75 Å². The maximum Gasteiger partial charge on any atom is 0.170 e. The number of rotatable bonds is 7. The molecule has 0 spiro atoms. The molecule has 0 amide bonds. The molecule has 0 bridgehead atoms. The summed E-state index contributed by atoms with van der Waals surface area (Å²) in [5.41, 5.74) is 0.911. The molecule has 0 aliphatic rings. The van der Waals surface area contributed by atoms with E-state index in [9.17, 15) is 14.4 Å². The van der Waals surface area contributed by atoms with E-state index in [0.717, 1.165) is 0 Å². The van der Waals surface area contributed by atoms with Gasteiger partial charge in [-0.15, -0.1) is 0 Å². The molecule has 0 aromatic heterocycles. The highest BCUT2D eigenvalue weighted by molar-refractivity contribution is 6.15. The molecule has 0 heterocycles. The van der Waals surface area contributed by atoms with Crippen molar-refractivity contribution in [3.63, 3.8) is 0 Å². The van der Waals surface area contributed by atoms with Crippen molar-refractivity contribution in [3.05, 3.63) is 65.7 Å². The van der Waals surface area contributed by atoms with Gasteiger partial charge in [0.05, 0.1) is 20.0 Å². The third-order valence-electron chi connectivity index (χ3n) is 3.22. The molecule has 2 rings (SSSR count). The zero-order valence-electron chi connectivity index (χ0n) is 12.2. The Morgan fingerprint density at radius 1 is 0.773 bits per heavy atom. The van der Waals surface area contributed by atoms with E-state index in [2.05, 4.69) is 0 Å². The maximum absolute atomic E-state index is 12.0. The maximum atomic E-state index is 12.0. The Hall–Kier alpha value is -2.75. The van der Waals surface area contributed by atoms with E-state index in [1.54, 1.807) is 54.6 Å². The Morgan fingerprint density at radius 3 is 1.77 bits per heavy atom. The molecule has 0 aliphatic carbocycles. The monoisotopic (exact) mass is 296 g/mol. The molecule has 0 atom stereocenters. The molecule has 0 aliphatic heterocycles. The minimum absolute atomic E-state index is 0.258. The lowest BCUT2D eigenvalue weighted by Gasteiger charge is -2.03. The van der Waals surface area contributed by atoms with Gasteiger partial charge in [-0.2, -0.15) is 0 Å². The molecule has 0 N–H and O–H groups in total. The summed E-state index contributed by atoms with van der Waals surface area (Å²) in [7, 11) is 1.54. The molecule has 0 fully saturated rings. The highest BCUT2D eigenvalue weighted by atomic mass is 16.5. The summed E-state index contributed by atoms with van der Waals surface area (Å²) < 4.78 is 5.01. The van der Waals surface area contributed by atoms with Crippen LogP contribution >= 0.6 is 0 Å². The van der Waals surface area contributed by atoms with Gasteiger partial charge in [0.1, 0.15) is 11.5 Å². The first kappa shape index (κ1) is 15.6. The minimum Gasteiger partial charge on any atom is -0.497 e. The van der Waals surface area contributed by atoms with E-state index in [1.807, 2.05) is 0 Å². The van der Waals surface area contributed by atoms with Gasteiger partial charge in [-0.3, -0.25) is 14.4 Å². The fourth-order valence-corrected chi connectivity index (χ4v) is 2.03. The average molecular weight is 296 g/mol. The Kier molecular flexibility index (Phi) is 5.20. The summed E-state index contributed by atoms with van der Waals surface area (Å²) in [6, 6.07) is 15.1. The second kappa shape index (κ2) is 7.31. The minimum atomic E-state index is -0.380. The highest BCUT2D eigenvalue weighted by Crippen LogP contribution is 2.13. The summed E-state index contributed by atoms with van der Waals surface area (Å²) in [6.45, 7) is 0. The van der Waals surface area contributed by atoms with E-state index >= 15 is 0 Å². The van der Waals surface area contributed by atoms with Crippen molar-refractivity contribution in [2.24, 2.45) is 0 Å². The van der Waals surface area contributed by atoms with E-state index < -0.39 is 0 Å². The SMILES string of the molecule is COc1ccc(C(=O)CC(=O)CC(=O)c2ccccc2)cc1. The molecule has 0 unspecified atom stereocenters. The average Bonchev–Trinajstić information content (AvgIpc) is 2.55. The molecular weight excluding hydrogens is 280 g/mol. The van der Waals surface area contributed by atoms with Crippen LogP contribution in [0, 0.1) is 0 Å². The first-order valence-electron chi connectivity index (χ1n) is 6.87. The molecule has 4 heteroatoms. The number of carbonyl (C=O) groups is 3. The van der Waals surface area contributed by atoms with E-state index in [-0.39, 0.29) is 30.2 Å². The van der Waals surface area contributed by atoms with Crippen molar-refractivity contribution in [1.82, 2.24) is 0 Å². The topological polar surface area (TPSA) is 60.4 Å². The van der Waals surface area contributed by atoms with Crippen LogP contribution in [-0.2, 0) is 4.79 Å². The smallest absolute Gasteiger partial charge is 0.170 e. The van der Waals surface area contributed by atoms with Crippen LogP contribution in [0.15, 0.2) is 54.6 Å². The number of hydrogen-bond acceptors (Lipinski definition) is 4. The normalized spacial score (nSPS) is 10.0. The quantitative estimate of drug-likeness (QED) is 0.582. The van der Waals surface area contributed by atoms with Crippen LogP contribution in [0.4, 0.5) is 0 Å². The van der Waals surface area contributed by atoms with Gasteiger partial charge in [0.25, 0.3) is 0 Å².